The molecular formula is C11H20N2O5. The molecule has 0 aromatic rings. The lowest BCUT2D eigenvalue weighted by Gasteiger charge is -2.20. The van der Waals surface area contributed by atoms with Crippen molar-refractivity contribution in [1.29, 1.82) is 0 Å². The summed E-state index contributed by atoms with van der Waals surface area (Å²) >= 11 is 0. The summed E-state index contributed by atoms with van der Waals surface area (Å²) in [5, 5.41) is 22.4. The quantitative estimate of drug-likeness (QED) is 0.474. The Kier molecular flexibility index (Phi) is 6.96. The lowest BCUT2D eigenvalue weighted by atomic mass is 10.0. The van der Waals surface area contributed by atoms with Crippen molar-refractivity contribution in [2.45, 2.75) is 38.8 Å². The van der Waals surface area contributed by atoms with Crippen LogP contribution in [-0.2, 0) is 14.4 Å². The summed E-state index contributed by atoms with van der Waals surface area (Å²) < 4.78 is 0. The zero-order valence-corrected chi connectivity index (χ0v) is 10.8. The zero-order valence-electron chi connectivity index (χ0n) is 10.8. The highest BCUT2D eigenvalue weighted by atomic mass is 16.4. The van der Waals surface area contributed by atoms with E-state index in [0.717, 1.165) is 0 Å². The molecule has 0 rings (SSSR count). The van der Waals surface area contributed by atoms with Gasteiger partial charge in [-0.25, -0.2) is 4.79 Å². The minimum absolute atomic E-state index is 0.260. The predicted octanol–water partition coefficient (Wildman–Crippen LogP) is -0.335. The van der Waals surface area contributed by atoms with Crippen molar-refractivity contribution in [2.75, 3.05) is 7.05 Å². The molecule has 0 aromatic carbocycles. The number of rotatable bonds is 8. The Labute approximate surface area is 106 Å². The number of aliphatic carboxylic acids is 2. The van der Waals surface area contributed by atoms with Gasteiger partial charge >= 0.3 is 11.9 Å². The van der Waals surface area contributed by atoms with Gasteiger partial charge in [-0.3, -0.25) is 9.59 Å². The second-order valence-electron chi connectivity index (χ2n) is 4.47. The van der Waals surface area contributed by atoms with E-state index in [9.17, 15) is 14.4 Å². The summed E-state index contributed by atoms with van der Waals surface area (Å²) in [6.07, 6.45) is -0.0963. The number of carboxylic acids is 2. The molecule has 7 nitrogen and oxygen atoms in total. The van der Waals surface area contributed by atoms with Gasteiger partial charge in [0.05, 0.1) is 12.5 Å². The van der Waals surface area contributed by atoms with Crippen molar-refractivity contribution in [3.63, 3.8) is 0 Å². The summed E-state index contributed by atoms with van der Waals surface area (Å²) in [5.41, 5.74) is 0. The SMILES string of the molecule is CN[C@@H](CC(C)C)C(=O)N[C@H](CC(=O)O)C(=O)O. The number of likely N-dealkylation sites (N-methyl/N-ethyl adjacent to an activating group) is 1. The topological polar surface area (TPSA) is 116 Å². The van der Waals surface area contributed by atoms with Crippen molar-refractivity contribution >= 4 is 17.8 Å². The van der Waals surface area contributed by atoms with Crippen LogP contribution in [-0.4, -0.2) is 47.2 Å². The molecule has 7 heteroatoms. The Morgan fingerprint density at radius 3 is 2.00 bits per heavy atom. The Balaban J connectivity index is 4.56. The second kappa shape index (κ2) is 7.65. The van der Waals surface area contributed by atoms with Crippen molar-refractivity contribution in [3.8, 4) is 0 Å². The van der Waals surface area contributed by atoms with Gasteiger partial charge in [0, 0.05) is 0 Å². The van der Waals surface area contributed by atoms with E-state index in [0.29, 0.717) is 6.42 Å². The fourth-order valence-corrected chi connectivity index (χ4v) is 1.47. The minimum atomic E-state index is -1.40. The molecule has 0 saturated heterocycles. The molecule has 0 aromatic heterocycles. The molecule has 0 fully saturated rings. The first-order valence-corrected chi connectivity index (χ1v) is 5.70. The molecule has 0 heterocycles. The van der Waals surface area contributed by atoms with E-state index in [-0.39, 0.29) is 5.92 Å². The number of hydrogen-bond acceptors (Lipinski definition) is 4. The third-order valence-corrected chi connectivity index (χ3v) is 2.37. The lowest BCUT2D eigenvalue weighted by molar-refractivity contribution is -0.147. The van der Waals surface area contributed by atoms with Crippen molar-refractivity contribution in [3.05, 3.63) is 0 Å². The normalized spacial score (nSPS) is 14.0. The zero-order chi connectivity index (χ0) is 14.3. The highest BCUT2D eigenvalue weighted by Crippen LogP contribution is 2.05. The Morgan fingerprint density at radius 1 is 1.11 bits per heavy atom. The average molecular weight is 260 g/mol. The fourth-order valence-electron chi connectivity index (χ4n) is 1.47. The van der Waals surface area contributed by atoms with Crippen LogP contribution in [0.5, 0.6) is 0 Å². The molecule has 0 aliphatic heterocycles. The van der Waals surface area contributed by atoms with E-state index in [2.05, 4.69) is 10.6 Å². The molecule has 0 saturated carbocycles. The van der Waals surface area contributed by atoms with Gasteiger partial charge in [-0.1, -0.05) is 13.8 Å². The molecule has 0 spiro atoms. The van der Waals surface area contributed by atoms with Gasteiger partial charge in [-0.2, -0.15) is 0 Å². The minimum Gasteiger partial charge on any atom is -0.481 e. The van der Waals surface area contributed by atoms with E-state index >= 15 is 0 Å². The monoisotopic (exact) mass is 260 g/mol. The number of carbonyl (C=O) groups excluding carboxylic acids is 1. The van der Waals surface area contributed by atoms with Crippen LogP contribution in [0.15, 0.2) is 0 Å². The van der Waals surface area contributed by atoms with Gasteiger partial charge in [-0.05, 0) is 19.4 Å². The van der Waals surface area contributed by atoms with Crippen molar-refractivity contribution in [2.24, 2.45) is 5.92 Å². The second-order valence-corrected chi connectivity index (χ2v) is 4.47. The van der Waals surface area contributed by atoms with Crippen LogP contribution in [0.2, 0.25) is 0 Å². The lowest BCUT2D eigenvalue weighted by Crippen LogP contribution is -2.50. The van der Waals surface area contributed by atoms with Crippen molar-refractivity contribution < 1.29 is 24.6 Å². The summed E-state index contributed by atoms with van der Waals surface area (Å²) in [6.45, 7) is 3.87. The number of carbonyl (C=O) groups is 3. The van der Waals surface area contributed by atoms with Gasteiger partial charge in [0.2, 0.25) is 5.91 Å². The molecule has 1 amide bonds. The van der Waals surface area contributed by atoms with Gasteiger partial charge in [0.15, 0.2) is 0 Å². The standard InChI is InChI=1S/C11H20N2O5/c1-6(2)4-7(12-3)10(16)13-8(11(17)18)5-9(14)15/h6-8,12H,4-5H2,1-3H3,(H,13,16)(H,14,15)(H,17,18)/t7-,8+/m0/s1. The highest BCUT2D eigenvalue weighted by Gasteiger charge is 2.26. The van der Waals surface area contributed by atoms with Crippen LogP contribution < -0.4 is 10.6 Å². The molecule has 18 heavy (non-hydrogen) atoms. The summed E-state index contributed by atoms with van der Waals surface area (Å²) in [6, 6.07) is -1.93. The number of hydrogen-bond donors (Lipinski definition) is 4. The fraction of sp³-hybridized carbons (Fsp3) is 0.727. The number of amides is 1. The van der Waals surface area contributed by atoms with Crippen LogP contribution in [0.3, 0.4) is 0 Å². The van der Waals surface area contributed by atoms with E-state index in [4.69, 9.17) is 10.2 Å². The predicted molar refractivity (Wildman–Crippen MR) is 64.1 cm³/mol. The molecule has 4 N–H and O–H groups in total. The first-order chi connectivity index (χ1) is 8.27. The summed E-state index contributed by atoms with van der Waals surface area (Å²) in [7, 11) is 1.60. The largest absolute Gasteiger partial charge is 0.481 e. The van der Waals surface area contributed by atoms with Crippen LogP contribution in [0.1, 0.15) is 26.7 Å². The van der Waals surface area contributed by atoms with E-state index in [1.54, 1.807) is 7.05 Å². The maximum absolute atomic E-state index is 11.8. The van der Waals surface area contributed by atoms with Gasteiger partial charge in [0.1, 0.15) is 6.04 Å². The third kappa shape index (κ3) is 6.19. The molecule has 104 valence electrons. The molecule has 0 unspecified atom stereocenters. The number of nitrogens with one attached hydrogen (secondary N) is 2. The maximum atomic E-state index is 11.8. The Bertz CT molecular complexity index is 317. The van der Waals surface area contributed by atoms with Crippen LogP contribution in [0.25, 0.3) is 0 Å². The maximum Gasteiger partial charge on any atom is 0.326 e. The molecule has 0 aliphatic rings. The smallest absolute Gasteiger partial charge is 0.326 e. The molecular weight excluding hydrogens is 240 g/mol. The van der Waals surface area contributed by atoms with Crippen molar-refractivity contribution in [1.82, 2.24) is 10.6 Å². The van der Waals surface area contributed by atoms with E-state index in [1.165, 1.54) is 0 Å². The molecule has 2 atom stereocenters. The average Bonchev–Trinajstić information content (AvgIpc) is 2.23. The third-order valence-electron chi connectivity index (χ3n) is 2.37. The molecule has 0 radical (unpaired) electrons. The van der Waals surface area contributed by atoms with Crippen LogP contribution >= 0.6 is 0 Å². The van der Waals surface area contributed by atoms with Gasteiger partial charge in [-0.15, -0.1) is 0 Å². The summed E-state index contributed by atoms with van der Waals surface area (Å²) in [4.78, 5) is 33.1. The highest BCUT2D eigenvalue weighted by molar-refractivity contribution is 5.89. The number of carboxylic acid groups (broad SMARTS) is 2. The van der Waals surface area contributed by atoms with Crippen LogP contribution in [0, 0.1) is 5.92 Å². The van der Waals surface area contributed by atoms with Crippen LogP contribution in [0.4, 0.5) is 0 Å². The van der Waals surface area contributed by atoms with Gasteiger partial charge in [0.25, 0.3) is 0 Å². The van der Waals surface area contributed by atoms with Gasteiger partial charge < -0.3 is 20.8 Å². The Morgan fingerprint density at radius 2 is 1.67 bits per heavy atom. The first kappa shape index (κ1) is 16.4. The van der Waals surface area contributed by atoms with E-state index in [1.807, 2.05) is 13.8 Å². The molecule has 0 aliphatic carbocycles. The summed E-state index contributed by atoms with van der Waals surface area (Å²) in [5.74, 6) is -2.87. The first-order valence-electron chi connectivity index (χ1n) is 5.70. The molecule has 0 bridgehead atoms. The van der Waals surface area contributed by atoms with E-state index < -0.39 is 36.4 Å². The Hall–Kier alpha value is -1.63.